The lowest BCUT2D eigenvalue weighted by Crippen LogP contribution is -2.31. The van der Waals surface area contributed by atoms with Gasteiger partial charge in [0.2, 0.25) is 6.33 Å². The summed E-state index contributed by atoms with van der Waals surface area (Å²) in [5.74, 6) is 0. The monoisotopic (exact) mass is 262 g/mol. The van der Waals surface area contributed by atoms with E-state index in [2.05, 4.69) is 52.0 Å². The Hall–Kier alpha value is -1.65. The first-order chi connectivity index (χ1) is 9.31. The molecule has 0 amide bonds. The van der Waals surface area contributed by atoms with Crippen LogP contribution in [0.5, 0.6) is 0 Å². The molecule has 0 N–H and O–H groups in total. The van der Waals surface area contributed by atoms with Gasteiger partial charge in [-0.2, -0.15) is 0 Å². The van der Waals surface area contributed by atoms with Crippen molar-refractivity contribution in [2.75, 3.05) is 0 Å². The summed E-state index contributed by atoms with van der Waals surface area (Å²) < 4.78 is 6.32. The number of rotatable bonds is 8. The minimum atomic E-state index is 0.797. The van der Waals surface area contributed by atoms with E-state index in [1.807, 2.05) is 10.9 Å². The van der Waals surface area contributed by atoms with Crippen LogP contribution in [-0.2, 0) is 19.6 Å². The van der Waals surface area contributed by atoms with Crippen molar-refractivity contribution in [2.24, 2.45) is 0 Å². The van der Waals surface area contributed by atoms with Crippen molar-refractivity contribution >= 4 is 0 Å². The average molecular weight is 262 g/mol. The standard InChI is InChI=1S/C14H24N5/c1-3-5-7-17-9-10-18(13-17)11-14-12-19(16-15-14)8-6-4-2/h9-10,12-13H,3-8,11H2,1-2H3/q+1. The highest BCUT2D eigenvalue weighted by Gasteiger charge is 2.07. The quantitative estimate of drug-likeness (QED) is 0.683. The lowest BCUT2D eigenvalue weighted by molar-refractivity contribution is -0.688. The van der Waals surface area contributed by atoms with Crippen molar-refractivity contribution in [3.05, 3.63) is 30.6 Å². The molecule has 19 heavy (non-hydrogen) atoms. The molecule has 0 unspecified atom stereocenters. The molecule has 0 spiro atoms. The molecule has 104 valence electrons. The van der Waals surface area contributed by atoms with Gasteiger partial charge in [-0.05, 0) is 12.8 Å². The van der Waals surface area contributed by atoms with Crippen molar-refractivity contribution in [3.8, 4) is 0 Å². The van der Waals surface area contributed by atoms with Crippen LogP contribution < -0.4 is 4.57 Å². The van der Waals surface area contributed by atoms with Gasteiger partial charge in [0, 0.05) is 6.54 Å². The molecule has 5 heteroatoms. The Morgan fingerprint density at radius 1 is 1.16 bits per heavy atom. The molecular weight excluding hydrogens is 238 g/mol. The third-order valence-electron chi connectivity index (χ3n) is 3.19. The fraction of sp³-hybridized carbons (Fsp3) is 0.643. The second-order valence-corrected chi connectivity index (χ2v) is 5.00. The number of imidazole rings is 1. The van der Waals surface area contributed by atoms with Crippen LogP contribution in [0.15, 0.2) is 24.9 Å². The van der Waals surface area contributed by atoms with E-state index >= 15 is 0 Å². The zero-order chi connectivity index (χ0) is 13.5. The van der Waals surface area contributed by atoms with Crippen LogP contribution in [0, 0.1) is 0 Å². The Labute approximate surface area is 114 Å². The number of hydrogen-bond donors (Lipinski definition) is 0. The lowest BCUT2D eigenvalue weighted by Gasteiger charge is -1.95. The number of hydrogen-bond acceptors (Lipinski definition) is 2. The smallest absolute Gasteiger partial charge is 0.244 e. The lowest BCUT2D eigenvalue weighted by atomic mass is 10.3. The van der Waals surface area contributed by atoms with Crippen molar-refractivity contribution in [2.45, 2.75) is 59.2 Å². The Bertz CT molecular complexity index is 441. The molecule has 0 bridgehead atoms. The first-order valence-corrected chi connectivity index (χ1v) is 7.25. The maximum Gasteiger partial charge on any atom is 0.244 e. The zero-order valence-electron chi connectivity index (χ0n) is 12.0. The minimum absolute atomic E-state index is 0.797. The Morgan fingerprint density at radius 2 is 1.95 bits per heavy atom. The summed E-state index contributed by atoms with van der Waals surface area (Å²) >= 11 is 0. The van der Waals surface area contributed by atoms with Crippen molar-refractivity contribution < 1.29 is 4.57 Å². The molecule has 2 aromatic heterocycles. The minimum Gasteiger partial charge on any atom is -0.252 e. The van der Waals surface area contributed by atoms with E-state index in [4.69, 9.17) is 0 Å². The maximum atomic E-state index is 4.22. The van der Waals surface area contributed by atoms with E-state index in [1.54, 1.807) is 0 Å². The SMILES string of the molecule is CCCCn1cc[n+](Cc2cn(CCCC)nn2)c1. The van der Waals surface area contributed by atoms with Gasteiger partial charge in [-0.25, -0.2) is 9.13 Å². The zero-order valence-corrected chi connectivity index (χ0v) is 12.0. The van der Waals surface area contributed by atoms with E-state index in [0.717, 1.165) is 31.7 Å². The summed E-state index contributed by atoms with van der Waals surface area (Å²) in [5.41, 5.74) is 1.02. The van der Waals surface area contributed by atoms with E-state index in [1.165, 1.54) is 19.3 Å². The maximum absolute atomic E-state index is 4.22. The Morgan fingerprint density at radius 3 is 2.74 bits per heavy atom. The van der Waals surface area contributed by atoms with Crippen LogP contribution in [-0.4, -0.2) is 19.6 Å². The molecule has 0 saturated carbocycles. The highest BCUT2D eigenvalue weighted by Crippen LogP contribution is 1.97. The summed E-state index contributed by atoms with van der Waals surface area (Å²) in [6.45, 7) is 7.25. The molecule has 0 aliphatic heterocycles. The molecule has 2 aromatic rings. The summed E-state index contributed by atoms with van der Waals surface area (Å²) in [7, 11) is 0. The van der Waals surface area contributed by atoms with Crippen molar-refractivity contribution in [3.63, 3.8) is 0 Å². The molecule has 0 aromatic carbocycles. The fourth-order valence-electron chi connectivity index (χ4n) is 2.03. The molecule has 2 heterocycles. The molecule has 0 saturated heterocycles. The predicted molar refractivity (Wildman–Crippen MR) is 73.6 cm³/mol. The average Bonchev–Trinajstić information content (AvgIpc) is 3.04. The second kappa shape index (κ2) is 7.07. The van der Waals surface area contributed by atoms with Crippen molar-refractivity contribution in [1.29, 1.82) is 0 Å². The fourth-order valence-corrected chi connectivity index (χ4v) is 2.03. The van der Waals surface area contributed by atoms with Gasteiger partial charge in [0.15, 0.2) is 0 Å². The topological polar surface area (TPSA) is 39.5 Å². The van der Waals surface area contributed by atoms with Crippen LogP contribution in [0.3, 0.4) is 0 Å². The third kappa shape index (κ3) is 4.19. The summed E-state index contributed by atoms with van der Waals surface area (Å²) in [6, 6.07) is 0. The Balaban J connectivity index is 1.89. The van der Waals surface area contributed by atoms with Gasteiger partial charge in [0.25, 0.3) is 0 Å². The van der Waals surface area contributed by atoms with Crippen LogP contribution in [0.25, 0.3) is 0 Å². The van der Waals surface area contributed by atoms with Crippen LogP contribution >= 0.6 is 0 Å². The van der Waals surface area contributed by atoms with E-state index < -0.39 is 0 Å². The molecule has 2 rings (SSSR count). The van der Waals surface area contributed by atoms with Crippen LogP contribution in [0.2, 0.25) is 0 Å². The largest absolute Gasteiger partial charge is 0.252 e. The van der Waals surface area contributed by atoms with E-state index in [9.17, 15) is 0 Å². The molecular formula is C14H24N5+. The number of aromatic nitrogens is 5. The second-order valence-electron chi connectivity index (χ2n) is 5.00. The van der Waals surface area contributed by atoms with Crippen LogP contribution in [0.1, 0.15) is 45.2 Å². The third-order valence-corrected chi connectivity index (χ3v) is 3.19. The Kier molecular flexibility index (Phi) is 5.12. The van der Waals surface area contributed by atoms with Crippen molar-refractivity contribution in [1.82, 2.24) is 19.6 Å². The van der Waals surface area contributed by atoms with E-state index in [-0.39, 0.29) is 0 Å². The molecule has 0 aliphatic carbocycles. The summed E-state index contributed by atoms with van der Waals surface area (Å²) in [6.07, 6.45) is 13.2. The number of unbranched alkanes of at least 4 members (excludes halogenated alkanes) is 2. The van der Waals surface area contributed by atoms with Gasteiger partial charge < -0.3 is 0 Å². The van der Waals surface area contributed by atoms with Gasteiger partial charge in [0.05, 0.1) is 12.7 Å². The number of nitrogens with zero attached hydrogens (tertiary/aromatic N) is 5. The molecule has 5 nitrogen and oxygen atoms in total. The van der Waals surface area contributed by atoms with Gasteiger partial charge in [-0.1, -0.05) is 31.9 Å². The summed E-state index contributed by atoms with van der Waals surface area (Å²) in [5, 5.41) is 8.37. The molecule has 0 radical (unpaired) electrons. The molecule has 0 fully saturated rings. The van der Waals surface area contributed by atoms with Gasteiger partial charge in [0.1, 0.15) is 24.6 Å². The van der Waals surface area contributed by atoms with Crippen LogP contribution in [0.4, 0.5) is 0 Å². The first kappa shape index (κ1) is 13.8. The van der Waals surface area contributed by atoms with E-state index in [0.29, 0.717) is 0 Å². The molecule has 0 atom stereocenters. The van der Waals surface area contributed by atoms with Gasteiger partial charge in [-0.15, -0.1) is 5.10 Å². The highest BCUT2D eigenvalue weighted by molar-refractivity contribution is 4.89. The predicted octanol–water partition coefficient (Wildman–Crippen LogP) is 2.02. The highest BCUT2D eigenvalue weighted by atomic mass is 15.4. The summed E-state index contributed by atoms with van der Waals surface area (Å²) in [4.78, 5) is 0. The number of aryl methyl sites for hydroxylation is 2. The normalized spacial score (nSPS) is 11.1. The van der Waals surface area contributed by atoms with Gasteiger partial charge >= 0.3 is 0 Å². The molecule has 0 aliphatic rings. The first-order valence-electron chi connectivity index (χ1n) is 7.25. The van der Waals surface area contributed by atoms with Gasteiger partial charge in [-0.3, -0.25) is 4.68 Å².